The van der Waals surface area contributed by atoms with Crippen LogP contribution in [0, 0.1) is 6.92 Å². The molecule has 11 heteroatoms. The van der Waals surface area contributed by atoms with Gasteiger partial charge in [0.2, 0.25) is 11.8 Å². The molecule has 3 aromatic rings. The number of ether oxygens (including phenoxy) is 1. The Kier molecular flexibility index (Phi) is 7.01. The van der Waals surface area contributed by atoms with Crippen LogP contribution in [0.15, 0.2) is 59.1 Å². The van der Waals surface area contributed by atoms with E-state index in [4.69, 9.17) is 9.57 Å². The molecule has 0 amide bonds. The van der Waals surface area contributed by atoms with Crippen LogP contribution in [0.25, 0.3) is 0 Å². The third-order valence-electron chi connectivity index (χ3n) is 5.52. The summed E-state index contributed by atoms with van der Waals surface area (Å²) in [6.07, 6.45) is 7.69. The zero-order valence-corrected chi connectivity index (χ0v) is 20.1. The van der Waals surface area contributed by atoms with Gasteiger partial charge in [-0.1, -0.05) is 17.3 Å². The maximum atomic E-state index is 11.6. The summed E-state index contributed by atoms with van der Waals surface area (Å²) in [6.45, 7) is 5.19. The van der Waals surface area contributed by atoms with Gasteiger partial charge in [-0.2, -0.15) is 4.98 Å². The van der Waals surface area contributed by atoms with Crippen LogP contribution in [-0.2, 0) is 9.84 Å². The van der Waals surface area contributed by atoms with Crippen molar-refractivity contribution in [2.75, 3.05) is 24.2 Å². The summed E-state index contributed by atoms with van der Waals surface area (Å²) in [6, 6.07) is 8.26. The Labute approximate surface area is 198 Å². The number of piperidine rings is 1. The molecule has 0 saturated carbocycles. The fourth-order valence-electron chi connectivity index (χ4n) is 3.52. The van der Waals surface area contributed by atoms with Crippen LogP contribution in [0.1, 0.15) is 30.9 Å². The standard InChI is InChI=1S/C23H26N6O4S/c1-16-21(32-19-9-13-29(14-10-19)23-24-11-4-12-25-23)26-15-27-22(16)33-28-17(2)18-5-7-20(8-6-18)34(3,30)31/h4-8,11-12,15,19H,9-10,13-14H2,1-3H3. The number of hydrogen-bond donors (Lipinski definition) is 0. The Morgan fingerprint density at radius 3 is 2.32 bits per heavy atom. The molecule has 1 saturated heterocycles. The topological polar surface area (TPSA) is 120 Å². The van der Waals surface area contributed by atoms with Gasteiger partial charge < -0.3 is 14.5 Å². The summed E-state index contributed by atoms with van der Waals surface area (Å²) in [5.41, 5.74) is 1.97. The summed E-state index contributed by atoms with van der Waals surface area (Å²) in [5, 5.41) is 4.15. The van der Waals surface area contributed by atoms with E-state index in [0.29, 0.717) is 23.0 Å². The summed E-state index contributed by atoms with van der Waals surface area (Å²) in [5.74, 6) is 1.49. The minimum Gasteiger partial charge on any atom is -0.474 e. The highest BCUT2D eigenvalue weighted by atomic mass is 32.2. The van der Waals surface area contributed by atoms with Gasteiger partial charge in [0.05, 0.1) is 16.2 Å². The van der Waals surface area contributed by atoms with Gasteiger partial charge in [-0.25, -0.2) is 23.4 Å². The van der Waals surface area contributed by atoms with Gasteiger partial charge in [-0.15, -0.1) is 0 Å². The van der Waals surface area contributed by atoms with Gasteiger partial charge in [0.25, 0.3) is 5.88 Å². The van der Waals surface area contributed by atoms with Crippen LogP contribution in [0.4, 0.5) is 5.95 Å². The summed E-state index contributed by atoms with van der Waals surface area (Å²) in [7, 11) is -3.25. The molecular weight excluding hydrogens is 456 g/mol. The number of hydrogen-bond acceptors (Lipinski definition) is 10. The van der Waals surface area contributed by atoms with E-state index in [1.54, 1.807) is 49.6 Å². The average molecular weight is 483 g/mol. The number of rotatable bonds is 7. The zero-order chi connectivity index (χ0) is 24.1. The van der Waals surface area contributed by atoms with Crippen molar-refractivity contribution in [1.29, 1.82) is 0 Å². The molecule has 3 heterocycles. The Bertz CT molecular complexity index is 1260. The van der Waals surface area contributed by atoms with E-state index in [1.165, 1.54) is 12.6 Å². The summed E-state index contributed by atoms with van der Waals surface area (Å²) >= 11 is 0. The van der Waals surface area contributed by atoms with Crippen LogP contribution in [-0.4, -0.2) is 59.5 Å². The molecule has 178 valence electrons. The lowest BCUT2D eigenvalue weighted by molar-refractivity contribution is 0.160. The number of anilines is 1. The highest BCUT2D eigenvalue weighted by molar-refractivity contribution is 7.90. The number of oxime groups is 1. The van der Waals surface area contributed by atoms with Crippen molar-refractivity contribution in [1.82, 2.24) is 19.9 Å². The van der Waals surface area contributed by atoms with Gasteiger partial charge >= 0.3 is 0 Å². The first-order valence-corrected chi connectivity index (χ1v) is 12.7. The summed E-state index contributed by atoms with van der Waals surface area (Å²) in [4.78, 5) is 25.0. The monoisotopic (exact) mass is 482 g/mol. The van der Waals surface area contributed by atoms with Crippen molar-refractivity contribution in [2.24, 2.45) is 5.16 Å². The fraction of sp³-hybridized carbons (Fsp3) is 0.348. The van der Waals surface area contributed by atoms with Crippen molar-refractivity contribution >= 4 is 21.5 Å². The molecule has 1 aliphatic rings. The SMILES string of the molecule is CC(=NOc1ncnc(OC2CCN(c3ncccn3)CC2)c1C)c1ccc(S(C)(=O)=O)cc1. The molecule has 0 aliphatic carbocycles. The Morgan fingerprint density at radius 2 is 1.68 bits per heavy atom. The van der Waals surface area contributed by atoms with Crippen molar-refractivity contribution in [3.8, 4) is 11.8 Å². The van der Waals surface area contributed by atoms with Crippen LogP contribution >= 0.6 is 0 Å². The number of nitrogens with zero attached hydrogens (tertiary/aromatic N) is 6. The third kappa shape index (κ3) is 5.66. The Hall–Kier alpha value is -3.60. The van der Waals surface area contributed by atoms with E-state index in [1.807, 2.05) is 6.92 Å². The molecule has 0 N–H and O–H groups in total. The maximum Gasteiger partial charge on any atom is 0.258 e. The quantitative estimate of drug-likeness (QED) is 0.370. The van der Waals surface area contributed by atoms with E-state index >= 15 is 0 Å². The molecular formula is C23H26N6O4S. The smallest absolute Gasteiger partial charge is 0.258 e. The maximum absolute atomic E-state index is 11.6. The molecule has 0 radical (unpaired) electrons. The van der Waals surface area contributed by atoms with Crippen LogP contribution in [0.3, 0.4) is 0 Å². The third-order valence-corrected chi connectivity index (χ3v) is 6.64. The predicted octanol–water partition coefficient (Wildman–Crippen LogP) is 2.83. The van der Waals surface area contributed by atoms with Crippen molar-refractivity contribution in [3.05, 3.63) is 60.2 Å². The largest absolute Gasteiger partial charge is 0.474 e. The Morgan fingerprint density at radius 1 is 1.03 bits per heavy atom. The van der Waals surface area contributed by atoms with E-state index in [9.17, 15) is 8.42 Å². The zero-order valence-electron chi connectivity index (χ0n) is 19.2. The van der Waals surface area contributed by atoms with Gasteiger partial charge in [0.1, 0.15) is 12.4 Å². The second kappa shape index (κ2) is 10.1. The molecule has 1 aromatic carbocycles. The molecule has 0 unspecified atom stereocenters. The first-order valence-electron chi connectivity index (χ1n) is 10.8. The number of aromatic nitrogens is 4. The van der Waals surface area contributed by atoms with Crippen molar-refractivity contribution in [2.45, 2.75) is 37.7 Å². The molecule has 10 nitrogen and oxygen atoms in total. The normalized spacial score (nSPS) is 15.3. The van der Waals surface area contributed by atoms with E-state index in [-0.39, 0.29) is 11.0 Å². The van der Waals surface area contributed by atoms with Gasteiger partial charge in [-0.05, 0) is 37.6 Å². The second-order valence-corrected chi connectivity index (χ2v) is 10.0. The first-order chi connectivity index (χ1) is 16.3. The molecule has 0 bridgehead atoms. The minimum atomic E-state index is -3.25. The molecule has 1 fully saturated rings. The molecule has 2 aromatic heterocycles. The number of sulfone groups is 1. The predicted molar refractivity (Wildman–Crippen MR) is 127 cm³/mol. The molecule has 4 rings (SSSR count). The average Bonchev–Trinajstić information content (AvgIpc) is 2.85. The van der Waals surface area contributed by atoms with Crippen molar-refractivity contribution in [3.63, 3.8) is 0 Å². The van der Waals surface area contributed by atoms with E-state index in [0.717, 1.165) is 37.4 Å². The van der Waals surface area contributed by atoms with E-state index in [2.05, 4.69) is 30.0 Å². The first kappa shape index (κ1) is 23.6. The highest BCUT2D eigenvalue weighted by Gasteiger charge is 2.23. The number of benzene rings is 1. The second-order valence-electron chi connectivity index (χ2n) is 8.03. The fourth-order valence-corrected chi connectivity index (χ4v) is 4.15. The molecule has 34 heavy (non-hydrogen) atoms. The van der Waals surface area contributed by atoms with Crippen LogP contribution < -0.4 is 14.5 Å². The highest BCUT2D eigenvalue weighted by Crippen LogP contribution is 2.26. The molecule has 0 spiro atoms. The minimum absolute atomic E-state index is 0.0139. The van der Waals surface area contributed by atoms with Crippen LogP contribution in [0.5, 0.6) is 11.8 Å². The van der Waals surface area contributed by atoms with Gasteiger partial charge in [0.15, 0.2) is 9.84 Å². The molecule has 0 atom stereocenters. The summed E-state index contributed by atoms with van der Waals surface area (Å²) < 4.78 is 29.4. The van der Waals surface area contributed by atoms with Gasteiger partial charge in [0, 0.05) is 44.6 Å². The Balaban J connectivity index is 1.38. The van der Waals surface area contributed by atoms with E-state index < -0.39 is 9.84 Å². The van der Waals surface area contributed by atoms with Crippen molar-refractivity contribution < 1.29 is 18.0 Å². The van der Waals surface area contributed by atoms with Crippen LogP contribution in [0.2, 0.25) is 0 Å². The lowest BCUT2D eigenvalue weighted by atomic mass is 10.1. The molecule has 1 aliphatic heterocycles. The lowest BCUT2D eigenvalue weighted by Crippen LogP contribution is -2.39. The van der Waals surface area contributed by atoms with Gasteiger partial charge in [-0.3, -0.25) is 0 Å². The lowest BCUT2D eigenvalue weighted by Gasteiger charge is -2.32.